The highest BCUT2D eigenvalue weighted by Crippen LogP contribution is 2.24. The maximum absolute atomic E-state index is 9.42. The Morgan fingerprint density at radius 2 is 2.00 bits per heavy atom. The summed E-state index contributed by atoms with van der Waals surface area (Å²) in [7, 11) is 0. The summed E-state index contributed by atoms with van der Waals surface area (Å²) in [6, 6.07) is 15.7. The van der Waals surface area contributed by atoms with Crippen molar-refractivity contribution < 1.29 is 14.3 Å². The third-order valence-corrected chi connectivity index (χ3v) is 3.47. The van der Waals surface area contributed by atoms with E-state index >= 15 is 0 Å². The normalized spacial score (nSPS) is 10.8. The van der Waals surface area contributed by atoms with Gasteiger partial charge in [0.2, 0.25) is 0 Å². The lowest BCUT2D eigenvalue weighted by Gasteiger charge is -2.11. The van der Waals surface area contributed by atoms with E-state index < -0.39 is 0 Å². The van der Waals surface area contributed by atoms with Gasteiger partial charge in [-0.15, -0.1) is 0 Å². The van der Waals surface area contributed by atoms with E-state index in [9.17, 15) is 5.11 Å². The molecular weight excluding hydrogens is 278 g/mol. The average molecular weight is 297 g/mol. The highest BCUT2D eigenvalue weighted by atomic mass is 16.5. The van der Waals surface area contributed by atoms with Crippen LogP contribution < -0.4 is 10.1 Å². The lowest BCUT2D eigenvalue weighted by Crippen LogP contribution is -2.01. The van der Waals surface area contributed by atoms with E-state index in [1.807, 2.05) is 55.5 Å². The monoisotopic (exact) mass is 297 g/mol. The molecule has 0 saturated carbocycles. The zero-order chi connectivity index (χ0) is 15.4. The summed E-state index contributed by atoms with van der Waals surface area (Å²) < 4.78 is 11.3. The number of anilines is 1. The number of nitrogens with one attached hydrogen (secondary N) is 1. The Morgan fingerprint density at radius 1 is 1.14 bits per heavy atom. The summed E-state index contributed by atoms with van der Waals surface area (Å²) in [5.74, 6) is 1.60. The third-order valence-electron chi connectivity index (χ3n) is 3.47. The Morgan fingerprint density at radius 3 is 2.77 bits per heavy atom. The molecule has 0 amide bonds. The summed E-state index contributed by atoms with van der Waals surface area (Å²) in [5, 5.41) is 13.8. The van der Waals surface area contributed by atoms with Crippen molar-refractivity contribution >= 4 is 16.7 Å². The minimum atomic E-state index is -0.0461. The van der Waals surface area contributed by atoms with Crippen LogP contribution in [0.3, 0.4) is 0 Å². The molecule has 3 rings (SSSR count). The Balaban J connectivity index is 1.72. The van der Waals surface area contributed by atoms with E-state index in [0.717, 1.165) is 33.7 Å². The van der Waals surface area contributed by atoms with Gasteiger partial charge in [-0.2, -0.15) is 0 Å². The van der Waals surface area contributed by atoms with Gasteiger partial charge in [0.15, 0.2) is 0 Å². The van der Waals surface area contributed by atoms with E-state index in [1.54, 1.807) is 0 Å². The standard InChI is InChI=1S/C18H19NO3/c1-2-21-17-8-7-15(9-14(17)12-20)19-11-16-10-13-5-3-4-6-18(13)22-16/h3-10,19-20H,2,11-12H2,1H3. The number of fused-ring (bicyclic) bond motifs is 1. The number of hydrogen-bond donors (Lipinski definition) is 2. The minimum Gasteiger partial charge on any atom is -0.494 e. The predicted octanol–water partition coefficient (Wildman–Crippen LogP) is 3.94. The highest BCUT2D eigenvalue weighted by Gasteiger charge is 2.06. The van der Waals surface area contributed by atoms with Gasteiger partial charge < -0.3 is 19.6 Å². The van der Waals surface area contributed by atoms with E-state index in [2.05, 4.69) is 5.32 Å². The molecule has 0 aliphatic rings. The number of ether oxygens (including phenoxy) is 1. The molecule has 0 bridgehead atoms. The van der Waals surface area contributed by atoms with Crippen LogP contribution in [0.5, 0.6) is 5.75 Å². The second kappa shape index (κ2) is 6.54. The molecule has 22 heavy (non-hydrogen) atoms. The lowest BCUT2D eigenvalue weighted by atomic mass is 10.2. The molecule has 0 radical (unpaired) electrons. The largest absolute Gasteiger partial charge is 0.494 e. The molecule has 1 aromatic heterocycles. The fraction of sp³-hybridized carbons (Fsp3) is 0.222. The van der Waals surface area contributed by atoms with Crippen LogP contribution >= 0.6 is 0 Å². The van der Waals surface area contributed by atoms with Crippen molar-refractivity contribution in [1.82, 2.24) is 0 Å². The van der Waals surface area contributed by atoms with E-state index in [0.29, 0.717) is 13.2 Å². The van der Waals surface area contributed by atoms with Gasteiger partial charge >= 0.3 is 0 Å². The Hall–Kier alpha value is -2.46. The summed E-state index contributed by atoms with van der Waals surface area (Å²) >= 11 is 0. The molecule has 2 aromatic carbocycles. The van der Waals surface area contributed by atoms with Gasteiger partial charge in [-0.1, -0.05) is 18.2 Å². The number of hydrogen-bond acceptors (Lipinski definition) is 4. The predicted molar refractivity (Wildman–Crippen MR) is 87.1 cm³/mol. The highest BCUT2D eigenvalue weighted by molar-refractivity contribution is 5.77. The van der Waals surface area contributed by atoms with Crippen LogP contribution in [0.15, 0.2) is 52.9 Å². The van der Waals surface area contributed by atoms with Crippen LogP contribution in [0.1, 0.15) is 18.2 Å². The molecule has 0 fully saturated rings. The van der Waals surface area contributed by atoms with Crippen LogP contribution in [0.25, 0.3) is 11.0 Å². The topological polar surface area (TPSA) is 54.6 Å². The van der Waals surface area contributed by atoms with Crippen molar-refractivity contribution in [3.05, 3.63) is 59.9 Å². The molecule has 1 heterocycles. The quantitative estimate of drug-likeness (QED) is 0.723. The van der Waals surface area contributed by atoms with Gasteiger partial charge in [0.1, 0.15) is 17.1 Å². The summed E-state index contributed by atoms with van der Waals surface area (Å²) in [5.41, 5.74) is 2.59. The SMILES string of the molecule is CCOc1ccc(NCc2cc3ccccc3o2)cc1CO. The number of furan rings is 1. The van der Waals surface area contributed by atoms with E-state index in [-0.39, 0.29) is 6.61 Å². The molecule has 0 saturated heterocycles. The van der Waals surface area contributed by atoms with Crippen molar-refractivity contribution in [2.45, 2.75) is 20.1 Å². The Bertz CT molecular complexity index is 731. The summed E-state index contributed by atoms with van der Waals surface area (Å²) in [6.07, 6.45) is 0. The first kappa shape index (κ1) is 14.5. The first-order valence-corrected chi connectivity index (χ1v) is 7.38. The van der Waals surface area contributed by atoms with Crippen LogP contribution in [0, 0.1) is 0 Å². The molecule has 0 atom stereocenters. The van der Waals surface area contributed by atoms with Crippen LogP contribution in [-0.4, -0.2) is 11.7 Å². The molecular formula is C18H19NO3. The minimum absolute atomic E-state index is 0.0461. The van der Waals surface area contributed by atoms with Crippen molar-refractivity contribution in [3.8, 4) is 5.75 Å². The van der Waals surface area contributed by atoms with Crippen LogP contribution in [0.2, 0.25) is 0 Å². The van der Waals surface area contributed by atoms with Gasteiger partial charge in [0.25, 0.3) is 0 Å². The smallest absolute Gasteiger partial charge is 0.134 e. The Labute approximate surface area is 129 Å². The van der Waals surface area contributed by atoms with Gasteiger partial charge in [-0.05, 0) is 37.3 Å². The second-order valence-corrected chi connectivity index (χ2v) is 5.02. The number of aliphatic hydroxyl groups is 1. The Kier molecular flexibility index (Phi) is 4.30. The summed E-state index contributed by atoms with van der Waals surface area (Å²) in [4.78, 5) is 0. The molecule has 4 nitrogen and oxygen atoms in total. The summed E-state index contributed by atoms with van der Waals surface area (Å²) in [6.45, 7) is 3.05. The molecule has 0 spiro atoms. The number of benzene rings is 2. The average Bonchev–Trinajstić information content (AvgIpc) is 2.97. The molecule has 4 heteroatoms. The second-order valence-electron chi connectivity index (χ2n) is 5.02. The zero-order valence-electron chi connectivity index (χ0n) is 12.5. The molecule has 2 N–H and O–H groups in total. The maximum atomic E-state index is 9.42. The third kappa shape index (κ3) is 3.07. The van der Waals surface area contributed by atoms with Crippen LogP contribution in [0.4, 0.5) is 5.69 Å². The van der Waals surface area contributed by atoms with E-state index in [4.69, 9.17) is 9.15 Å². The lowest BCUT2D eigenvalue weighted by molar-refractivity contribution is 0.267. The van der Waals surface area contributed by atoms with Crippen molar-refractivity contribution in [3.63, 3.8) is 0 Å². The van der Waals surface area contributed by atoms with Gasteiger partial charge in [0, 0.05) is 16.6 Å². The van der Waals surface area contributed by atoms with Crippen LogP contribution in [-0.2, 0) is 13.2 Å². The first-order chi connectivity index (χ1) is 10.8. The van der Waals surface area contributed by atoms with Crippen molar-refractivity contribution in [1.29, 1.82) is 0 Å². The first-order valence-electron chi connectivity index (χ1n) is 7.38. The van der Waals surface area contributed by atoms with Gasteiger partial charge in [-0.3, -0.25) is 0 Å². The number of aliphatic hydroxyl groups excluding tert-OH is 1. The van der Waals surface area contributed by atoms with E-state index in [1.165, 1.54) is 0 Å². The van der Waals surface area contributed by atoms with Crippen molar-refractivity contribution in [2.75, 3.05) is 11.9 Å². The maximum Gasteiger partial charge on any atom is 0.134 e. The van der Waals surface area contributed by atoms with Crippen molar-refractivity contribution in [2.24, 2.45) is 0 Å². The van der Waals surface area contributed by atoms with Gasteiger partial charge in [0.05, 0.1) is 19.8 Å². The number of para-hydroxylation sites is 1. The number of rotatable bonds is 6. The fourth-order valence-corrected chi connectivity index (χ4v) is 2.42. The van der Waals surface area contributed by atoms with Gasteiger partial charge in [-0.25, -0.2) is 0 Å². The zero-order valence-corrected chi connectivity index (χ0v) is 12.5. The molecule has 0 unspecified atom stereocenters. The molecule has 0 aliphatic heterocycles. The molecule has 114 valence electrons. The molecule has 3 aromatic rings. The fourth-order valence-electron chi connectivity index (χ4n) is 2.42. The molecule has 0 aliphatic carbocycles.